The minimum absolute atomic E-state index is 0.608. The summed E-state index contributed by atoms with van der Waals surface area (Å²) in [7, 11) is 1.96. The number of likely N-dealkylation sites (N-methyl/N-ethyl adjacent to an activating group) is 1. The quantitative estimate of drug-likeness (QED) is 0.825. The van der Waals surface area contributed by atoms with E-state index in [9.17, 15) is 0 Å². The number of nitrogens with two attached hydrogens (primary N) is 1. The van der Waals surface area contributed by atoms with Gasteiger partial charge >= 0.3 is 0 Å². The van der Waals surface area contributed by atoms with Crippen molar-refractivity contribution in [3.8, 4) is 0 Å². The van der Waals surface area contributed by atoms with Crippen molar-refractivity contribution in [2.45, 2.75) is 6.92 Å². The third-order valence-electron chi connectivity index (χ3n) is 2.43. The van der Waals surface area contributed by atoms with Crippen molar-refractivity contribution in [3.05, 3.63) is 23.8 Å². The second kappa shape index (κ2) is 3.90. The van der Waals surface area contributed by atoms with Crippen molar-refractivity contribution >= 4 is 16.8 Å². The Kier molecular flexibility index (Phi) is 2.60. The molecule has 0 bridgehead atoms. The number of rotatable bonds is 3. The molecule has 15 heavy (non-hydrogen) atoms. The van der Waals surface area contributed by atoms with E-state index in [0.29, 0.717) is 6.54 Å². The van der Waals surface area contributed by atoms with Gasteiger partial charge in [0.2, 0.25) is 0 Å². The standard InChI is InChI=1S/C11H15N3O/c1-8-3-4-9-10(7-8)15-13-11(9)14(2)6-5-12/h3-4,7H,5-6,12H2,1-2H3. The normalized spacial score (nSPS) is 10.9. The molecular weight excluding hydrogens is 190 g/mol. The van der Waals surface area contributed by atoms with E-state index in [0.717, 1.165) is 23.3 Å². The molecule has 4 heteroatoms. The van der Waals surface area contributed by atoms with Gasteiger partial charge in [-0.3, -0.25) is 0 Å². The fourth-order valence-electron chi connectivity index (χ4n) is 1.61. The van der Waals surface area contributed by atoms with Crippen LogP contribution in [-0.4, -0.2) is 25.3 Å². The summed E-state index contributed by atoms with van der Waals surface area (Å²) in [6.07, 6.45) is 0. The van der Waals surface area contributed by atoms with Gasteiger partial charge in [0.25, 0.3) is 0 Å². The minimum atomic E-state index is 0.608. The first-order valence-electron chi connectivity index (χ1n) is 4.99. The molecule has 0 unspecified atom stereocenters. The predicted molar refractivity (Wildman–Crippen MR) is 61.1 cm³/mol. The lowest BCUT2D eigenvalue weighted by atomic mass is 10.2. The summed E-state index contributed by atoms with van der Waals surface area (Å²) in [5.74, 6) is 0.857. The Labute approximate surface area is 88.6 Å². The van der Waals surface area contributed by atoms with E-state index in [1.54, 1.807) is 0 Å². The van der Waals surface area contributed by atoms with Crippen molar-refractivity contribution in [1.82, 2.24) is 5.16 Å². The van der Waals surface area contributed by atoms with Crippen LogP contribution in [0.5, 0.6) is 0 Å². The highest BCUT2D eigenvalue weighted by atomic mass is 16.5. The molecule has 0 radical (unpaired) electrons. The maximum atomic E-state index is 5.50. The van der Waals surface area contributed by atoms with Crippen LogP contribution in [-0.2, 0) is 0 Å². The molecule has 2 N–H and O–H groups in total. The lowest BCUT2D eigenvalue weighted by molar-refractivity contribution is 0.456. The number of benzene rings is 1. The van der Waals surface area contributed by atoms with Crippen LogP contribution in [0.2, 0.25) is 0 Å². The Morgan fingerprint density at radius 1 is 1.47 bits per heavy atom. The third-order valence-corrected chi connectivity index (χ3v) is 2.43. The van der Waals surface area contributed by atoms with Crippen LogP contribution in [0, 0.1) is 6.92 Å². The van der Waals surface area contributed by atoms with Crippen molar-refractivity contribution in [2.75, 3.05) is 25.0 Å². The van der Waals surface area contributed by atoms with E-state index in [4.69, 9.17) is 10.3 Å². The van der Waals surface area contributed by atoms with Gasteiger partial charge in [0, 0.05) is 20.1 Å². The molecular formula is C11H15N3O. The van der Waals surface area contributed by atoms with Gasteiger partial charge in [-0.25, -0.2) is 0 Å². The molecule has 2 aromatic rings. The summed E-state index contributed by atoms with van der Waals surface area (Å²) in [5, 5.41) is 5.09. The number of nitrogens with zero attached hydrogens (tertiary/aromatic N) is 2. The number of hydrogen-bond acceptors (Lipinski definition) is 4. The molecule has 0 amide bonds. The summed E-state index contributed by atoms with van der Waals surface area (Å²) < 4.78 is 5.26. The Morgan fingerprint density at radius 3 is 3.00 bits per heavy atom. The maximum absolute atomic E-state index is 5.50. The molecule has 4 nitrogen and oxygen atoms in total. The number of hydrogen-bond donors (Lipinski definition) is 1. The van der Waals surface area contributed by atoms with Crippen molar-refractivity contribution in [1.29, 1.82) is 0 Å². The molecule has 2 rings (SSSR count). The molecule has 1 aromatic carbocycles. The second-order valence-corrected chi connectivity index (χ2v) is 3.72. The molecule has 0 spiro atoms. The zero-order valence-corrected chi connectivity index (χ0v) is 9.03. The highest BCUT2D eigenvalue weighted by Gasteiger charge is 2.11. The zero-order valence-electron chi connectivity index (χ0n) is 9.03. The van der Waals surface area contributed by atoms with Gasteiger partial charge in [-0.15, -0.1) is 0 Å². The van der Waals surface area contributed by atoms with Gasteiger partial charge < -0.3 is 15.2 Å². The number of fused-ring (bicyclic) bond motifs is 1. The first kappa shape index (κ1) is 9.98. The second-order valence-electron chi connectivity index (χ2n) is 3.72. The van der Waals surface area contributed by atoms with Crippen LogP contribution < -0.4 is 10.6 Å². The molecule has 0 atom stereocenters. The Bertz CT molecular complexity index is 464. The SMILES string of the molecule is Cc1ccc2c(N(C)CCN)noc2c1. The third kappa shape index (κ3) is 1.80. The van der Waals surface area contributed by atoms with E-state index in [2.05, 4.69) is 11.2 Å². The summed E-state index contributed by atoms with van der Waals surface area (Å²) in [6.45, 7) is 3.41. The van der Waals surface area contributed by atoms with Gasteiger partial charge in [-0.1, -0.05) is 11.2 Å². The fraction of sp³-hybridized carbons (Fsp3) is 0.364. The molecule has 80 valence electrons. The summed E-state index contributed by atoms with van der Waals surface area (Å²) in [5.41, 5.74) is 7.50. The zero-order chi connectivity index (χ0) is 10.8. The molecule has 0 saturated carbocycles. The highest BCUT2D eigenvalue weighted by Crippen LogP contribution is 2.25. The molecule has 0 aliphatic rings. The lowest BCUT2D eigenvalue weighted by Gasteiger charge is -2.13. The first-order chi connectivity index (χ1) is 7.22. The van der Waals surface area contributed by atoms with Crippen LogP contribution in [0.25, 0.3) is 11.0 Å². The van der Waals surface area contributed by atoms with Crippen LogP contribution in [0.15, 0.2) is 22.7 Å². The van der Waals surface area contributed by atoms with Crippen molar-refractivity contribution < 1.29 is 4.52 Å². The summed E-state index contributed by atoms with van der Waals surface area (Å²) in [6, 6.07) is 6.07. The van der Waals surface area contributed by atoms with Gasteiger partial charge in [0.15, 0.2) is 11.4 Å². The maximum Gasteiger partial charge on any atom is 0.179 e. The topological polar surface area (TPSA) is 55.3 Å². The highest BCUT2D eigenvalue weighted by molar-refractivity contribution is 5.88. The van der Waals surface area contributed by atoms with E-state index in [-0.39, 0.29) is 0 Å². The average molecular weight is 205 g/mol. The van der Waals surface area contributed by atoms with Crippen LogP contribution in [0.4, 0.5) is 5.82 Å². The molecule has 0 aliphatic carbocycles. The molecule has 0 fully saturated rings. The Morgan fingerprint density at radius 2 is 2.27 bits per heavy atom. The monoisotopic (exact) mass is 205 g/mol. The van der Waals surface area contributed by atoms with Gasteiger partial charge in [0.1, 0.15) is 0 Å². The van der Waals surface area contributed by atoms with Crippen molar-refractivity contribution in [3.63, 3.8) is 0 Å². The van der Waals surface area contributed by atoms with Gasteiger partial charge in [0.05, 0.1) is 5.39 Å². The Balaban J connectivity index is 2.44. The van der Waals surface area contributed by atoms with Crippen LogP contribution in [0.3, 0.4) is 0 Å². The predicted octanol–water partition coefficient (Wildman–Crippen LogP) is 1.53. The van der Waals surface area contributed by atoms with Crippen LogP contribution >= 0.6 is 0 Å². The molecule has 1 aromatic heterocycles. The largest absolute Gasteiger partial charge is 0.355 e. The molecule has 0 saturated heterocycles. The summed E-state index contributed by atoms with van der Waals surface area (Å²) in [4.78, 5) is 2.00. The van der Waals surface area contributed by atoms with Gasteiger partial charge in [-0.05, 0) is 24.6 Å². The van der Waals surface area contributed by atoms with E-state index >= 15 is 0 Å². The Hall–Kier alpha value is -1.55. The van der Waals surface area contributed by atoms with E-state index < -0.39 is 0 Å². The van der Waals surface area contributed by atoms with Crippen molar-refractivity contribution in [2.24, 2.45) is 5.73 Å². The number of aromatic nitrogens is 1. The smallest absolute Gasteiger partial charge is 0.179 e. The molecule has 0 aliphatic heterocycles. The average Bonchev–Trinajstić information content (AvgIpc) is 2.60. The lowest BCUT2D eigenvalue weighted by Crippen LogP contribution is -2.25. The summed E-state index contributed by atoms with van der Waals surface area (Å²) >= 11 is 0. The minimum Gasteiger partial charge on any atom is -0.355 e. The number of anilines is 1. The number of aryl methyl sites for hydroxylation is 1. The van der Waals surface area contributed by atoms with Gasteiger partial charge in [-0.2, -0.15) is 0 Å². The first-order valence-corrected chi connectivity index (χ1v) is 4.99. The van der Waals surface area contributed by atoms with Crippen LogP contribution in [0.1, 0.15) is 5.56 Å². The fourth-order valence-corrected chi connectivity index (χ4v) is 1.61. The van der Waals surface area contributed by atoms with E-state index in [1.165, 1.54) is 5.56 Å². The molecule has 1 heterocycles. The van der Waals surface area contributed by atoms with E-state index in [1.807, 2.05) is 31.0 Å².